The predicted molar refractivity (Wildman–Crippen MR) is 155 cm³/mol. The van der Waals surface area contributed by atoms with Crippen LogP contribution in [0.2, 0.25) is 0 Å². The fraction of sp³-hybridized carbons (Fsp3) is 0.207. The van der Waals surface area contributed by atoms with E-state index in [1.807, 2.05) is 66.9 Å². The van der Waals surface area contributed by atoms with Crippen molar-refractivity contribution < 1.29 is 13.9 Å². The molecular weight excluding hydrogens is 584 g/mol. The largest absolute Gasteiger partial charge is 0.459 e. The predicted octanol–water partition coefficient (Wildman–Crippen LogP) is 5.93. The van der Waals surface area contributed by atoms with Crippen LogP contribution in [-0.2, 0) is 9.53 Å². The average Bonchev–Trinajstić information content (AvgIpc) is 3.47. The quantitative estimate of drug-likeness (QED) is 0.200. The molecule has 2 aromatic heterocycles. The molecular formula is C29H25BrN2O4S2. The zero-order chi connectivity index (χ0) is 27.0. The van der Waals surface area contributed by atoms with Crippen LogP contribution in [0.1, 0.15) is 38.1 Å². The number of hydrogen-bond acceptors (Lipinski definition) is 7. The van der Waals surface area contributed by atoms with Crippen LogP contribution in [0.3, 0.4) is 0 Å². The normalized spacial score (nSPS) is 15.5. The molecule has 194 valence electrons. The number of carbonyl (C=O) groups excluding carboxylic acids is 1. The molecule has 0 spiro atoms. The maximum Gasteiger partial charge on any atom is 0.338 e. The minimum absolute atomic E-state index is 0.240. The molecule has 0 fully saturated rings. The van der Waals surface area contributed by atoms with Crippen molar-refractivity contribution >= 4 is 51.1 Å². The van der Waals surface area contributed by atoms with E-state index in [4.69, 9.17) is 9.15 Å². The monoisotopic (exact) mass is 608 g/mol. The van der Waals surface area contributed by atoms with Crippen molar-refractivity contribution in [3.05, 3.63) is 107 Å². The molecule has 5 rings (SSSR count). The van der Waals surface area contributed by atoms with Gasteiger partial charge in [0.25, 0.3) is 5.56 Å². The second-order valence-corrected chi connectivity index (χ2v) is 11.8. The third-order valence-electron chi connectivity index (χ3n) is 6.03. The summed E-state index contributed by atoms with van der Waals surface area (Å²) in [6.45, 7) is 5.39. The minimum atomic E-state index is -0.649. The molecule has 0 aliphatic carbocycles. The molecule has 38 heavy (non-hydrogen) atoms. The van der Waals surface area contributed by atoms with E-state index >= 15 is 0 Å². The van der Waals surface area contributed by atoms with Gasteiger partial charge < -0.3 is 9.15 Å². The number of ether oxygens (including phenoxy) is 1. The minimum Gasteiger partial charge on any atom is -0.459 e. The van der Waals surface area contributed by atoms with E-state index in [9.17, 15) is 9.59 Å². The number of benzene rings is 2. The highest BCUT2D eigenvalue weighted by Gasteiger charge is 2.33. The third kappa shape index (κ3) is 5.23. The molecule has 0 unspecified atom stereocenters. The molecule has 3 heterocycles. The zero-order valence-corrected chi connectivity index (χ0v) is 24.4. The summed E-state index contributed by atoms with van der Waals surface area (Å²) in [5.41, 5.74) is 2.41. The van der Waals surface area contributed by atoms with Gasteiger partial charge >= 0.3 is 5.97 Å². The summed E-state index contributed by atoms with van der Waals surface area (Å²) in [6, 6.07) is 18.8. The van der Waals surface area contributed by atoms with Crippen LogP contribution < -0.4 is 14.9 Å². The number of rotatable bonds is 6. The van der Waals surface area contributed by atoms with Crippen LogP contribution in [0, 0.1) is 0 Å². The molecule has 6 nitrogen and oxygen atoms in total. The van der Waals surface area contributed by atoms with Crippen molar-refractivity contribution in [1.82, 2.24) is 4.57 Å². The van der Waals surface area contributed by atoms with Crippen LogP contribution in [0.4, 0.5) is 0 Å². The highest BCUT2D eigenvalue weighted by molar-refractivity contribution is 9.10. The Morgan fingerprint density at radius 2 is 1.95 bits per heavy atom. The van der Waals surface area contributed by atoms with Crippen LogP contribution in [0.15, 0.2) is 95.5 Å². The second kappa shape index (κ2) is 10.9. The lowest BCUT2D eigenvalue weighted by Crippen LogP contribution is -2.40. The van der Waals surface area contributed by atoms with Gasteiger partial charge in [0.1, 0.15) is 11.5 Å². The number of fused-ring (bicyclic) bond motifs is 1. The van der Waals surface area contributed by atoms with Crippen molar-refractivity contribution in [1.29, 1.82) is 0 Å². The number of thioether (sulfide) groups is 1. The number of nitrogens with zero attached hydrogens (tertiary/aromatic N) is 2. The van der Waals surface area contributed by atoms with E-state index in [0.29, 0.717) is 32.1 Å². The number of furan rings is 1. The molecule has 0 bridgehead atoms. The average molecular weight is 610 g/mol. The number of allylic oxidation sites excluding steroid dienone is 1. The van der Waals surface area contributed by atoms with Crippen LogP contribution in [0.5, 0.6) is 0 Å². The molecule has 0 radical (unpaired) electrons. The van der Waals surface area contributed by atoms with Gasteiger partial charge in [-0.3, -0.25) is 9.36 Å². The molecule has 9 heteroatoms. The standard InChI is InChI=1S/C29H25BrN2O4S2/c1-16(2)35-28(34)25-17(3)31-29-32(26(25)18-8-11-22(37-4)12-9-18)27(33)24(38-29)15-21-10-13-23(36-21)19-6-5-7-20(30)14-19/h5-16,26H,1-4H3/b24-15-/t26-/m0/s1. The van der Waals surface area contributed by atoms with Gasteiger partial charge in [0.05, 0.1) is 27.9 Å². The lowest BCUT2D eigenvalue weighted by molar-refractivity contribution is -0.143. The number of aromatic nitrogens is 1. The van der Waals surface area contributed by atoms with E-state index in [2.05, 4.69) is 20.9 Å². The van der Waals surface area contributed by atoms with Gasteiger partial charge in [-0.1, -0.05) is 51.5 Å². The molecule has 1 aliphatic heterocycles. The molecule has 1 atom stereocenters. The van der Waals surface area contributed by atoms with Crippen LogP contribution in [-0.4, -0.2) is 22.9 Å². The maximum absolute atomic E-state index is 13.8. The Bertz CT molecular complexity index is 1730. The molecule has 0 saturated heterocycles. The lowest BCUT2D eigenvalue weighted by atomic mass is 9.96. The Hall–Kier alpha value is -3.14. The topological polar surface area (TPSA) is 73.8 Å². The Morgan fingerprint density at radius 1 is 1.18 bits per heavy atom. The van der Waals surface area contributed by atoms with Gasteiger partial charge in [-0.05, 0) is 69.0 Å². The van der Waals surface area contributed by atoms with Gasteiger partial charge in [0.15, 0.2) is 4.80 Å². The fourth-order valence-electron chi connectivity index (χ4n) is 4.32. The van der Waals surface area contributed by atoms with E-state index in [1.54, 1.807) is 43.2 Å². The van der Waals surface area contributed by atoms with Gasteiger partial charge in [-0.15, -0.1) is 11.8 Å². The van der Waals surface area contributed by atoms with E-state index in [1.165, 1.54) is 11.3 Å². The first-order valence-corrected chi connectivity index (χ1v) is 14.8. The first-order chi connectivity index (χ1) is 18.2. The lowest BCUT2D eigenvalue weighted by Gasteiger charge is -2.25. The summed E-state index contributed by atoms with van der Waals surface area (Å²) in [5, 5.41) is 0. The Labute approximate surface area is 236 Å². The van der Waals surface area contributed by atoms with Crippen molar-refractivity contribution in [2.75, 3.05) is 6.26 Å². The SMILES string of the molecule is CSc1ccc([C@H]2C(C(=O)OC(C)C)=C(C)N=c3s/c(=C\c4ccc(-c5cccc(Br)c5)o4)c(=O)n32)cc1. The summed E-state index contributed by atoms with van der Waals surface area (Å²) in [5.74, 6) is 0.784. The highest BCUT2D eigenvalue weighted by Crippen LogP contribution is 2.32. The first-order valence-electron chi connectivity index (χ1n) is 12.0. The van der Waals surface area contributed by atoms with Gasteiger partial charge in [0.2, 0.25) is 0 Å². The number of hydrogen-bond donors (Lipinski definition) is 0. The van der Waals surface area contributed by atoms with Crippen LogP contribution >= 0.6 is 39.0 Å². The number of carbonyl (C=O) groups is 1. The molecule has 0 amide bonds. The highest BCUT2D eigenvalue weighted by atomic mass is 79.9. The fourth-order valence-corrected chi connectivity index (χ4v) is 6.15. The van der Waals surface area contributed by atoms with Gasteiger partial charge in [-0.25, -0.2) is 9.79 Å². The van der Waals surface area contributed by atoms with E-state index < -0.39 is 12.0 Å². The first kappa shape index (κ1) is 26.5. The summed E-state index contributed by atoms with van der Waals surface area (Å²) >= 11 is 6.39. The summed E-state index contributed by atoms with van der Waals surface area (Å²) in [4.78, 5) is 33.3. The molecule has 2 aromatic carbocycles. The Kier molecular flexibility index (Phi) is 7.61. The van der Waals surface area contributed by atoms with Crippen LogP contribution in [0.25, 0.3) is 17.4 Å². The third-order valence-corrected chi connectivity index (χ3v) is 8.24. The summed E-state index contributed by atoms with van der Waals surface area (Å²) < 4.78 is 14.6. The summed E-state index contributed by atoms with van der Waals surface area (Å²) in [6.07, 6.45) is 3.43. The Morgan fingerprint density at radius 3 is 2.63 bits per heavy atom. The van der Waals surface area contributed by atoms with Gasteiger partial charge in [0, 0.05) is 21.0 Å². The maximum atomic E-state index is 13.8. The van der Waals surface area contributed by atoms with Crippen molar-refractivity contribution in [2.24, 2.45) is 4.99 Å². The second-order valence-electron chi connectivity index (χ2n) is 9.02. The molecule has 1 aliphatic rings. The summed E-state index contributed by atoms with van der Waals surface area (Å²) in [7, 11) is 0. The van der Waals surface area contributed by atoms with E-state index in [-0.39, 0.29) is 11.7 Å². The van der Waals surface area contributed by atoms with Crippen molar-refractivity contribution in [3.63, 3.8) is 0 Å². The smallest absolute Gasteiger partial charge is 0.338 e. The Balaban J connectivity index is 1.63. The number of esters is 1. The van der Waals surface area contributed by atoms with E-state index in [0.717, 1.165) is 20.5 Å². The molecule has 0 saturated carbocycles. The number of thiazole rings is 1. The van der Waals surface area contributed by atoms with Crippen molar-refractivity contribution in [2.45, 2.75) is 37.8 Å². The zero-order valence-electron chi connectivity index (χ0n) is 21.2. The molecule has 4 aromatic rings. The van der Waals surface area contributed by atoms with Gasteiger partial charge in [-0.2, -0.15) is 0 Å². The van der Waals surface area contributed by atoms with Crippen molar-refractivity contribution in [3.8, 4) is 11.3 Å². The number of halogens is 1. The molecule has 0 N–H and O–H groups in total.